The summed E-state index contributed by atoms with van der Waals surface area (Å²) in [4.78, 5) is 13.4. The number of piperidine rings is 1. The van der Waals surface area contributed by atoms with Crippen molar-refractivity contribution < 1.29 is 22.7 Å². The Morgan fingerprint density at radius 2 is 1.67 bits per heavy atom. The molecule has 170 valence electrons. The number of β-amino-alcohol motifs (C(OH)–C–C–N with tert-alkyl or cyclic N) is 1. The molecule has 5 rings (SSSR count). The van der Waals surface area contributed by atoms with Gasteiger partial charge in [0.15, 0.2) is 11.6 Å². The summed E-state index contributed by atoms with van der Waals surface area (Å²) in [5, 5.41) is 10.4. The lowest BCUT2D eigenvalue weighted by Gasteiger charge is -2.37. The number of pyridine rings is 1. The first-order valence-electron chi connectivity index (χ1n) is 10.3. The molecule has 0 bridgehead atoms. The molecular weight excluding hydrogens is 438 g/mol. The van der Waals surface area contributed by atoms with Gasteiger partial charge in [0, 0.05) is 55.3 Å². The van der Waals surface area contributed by atoms with Gasteiger partial charge in [-0.25, -0.2) is 22.5 Å². The Morgan fingerprint density at radius 3 is 2.39 bits per heavy atom. The molecule has 3 heterocycles. The van der Waals surface area contributed by atoms with Crippen molar-refractivity contribution in [1.29, 1.82) is 0 Å². The van der Waals surface area contributed by atoms with E-state index in [1.54, 1.807) is 0 Å². The molecular formula is C23H19F4N5O. The average Bonchev–Trinajstić information content (AvgIpc) is 3.17. The lowest BCUT2D eigenvalue weighted by Crippen LogP contribution is -2.50. The SMILES string of the molecule is N[C@@H]1CCN(c2c(-c3cc(F)cc(F)c3)cncc2-c2nc3cc(F)c(F)cc3[nH]2)C[C@@H]1O. The first-order valence-corrected chi connectivity index (χ1v) is 10.3. The Balaban J connectivity index is 1.73. The minimum Gasteiger partial charge on any atom is -0.390 e. The number of rotatable bonds is 3. The molecule has 0 radical (unpaired) electrons. The molecule has 1 fully saturated rings. The van der Waals surface area contributed by atoms with Crippen LogP contribution in [-0.2, 0) is 0 Å². The maximum atomic E-state index is 14.0. The van der Waals surface area contributed by atoms with Crippen LogP contribution in [0.2, 0.25) is 0 Å². The predicted molar refractivity (Wildman–Crippen MR) is 115 cm³/mol. The van der Waals surface area contributed by atoms with Crippen LogP contribution in [0.3, 0.4) is 0 Å². The monoisotopic (exact) mass is 457 g/mol. The zero-order valence-electron chi connectivity index (χ0n) is 17.2. The number of benzene rings is 2. The highest BCUT2D eigenvalue weighted by molar-refractivity contribution is 5.91. The highest BCUT2D eigenvalue weighted by Gasteiger charge is 2.29. The second-order valence-corrected chi connectivity index (χ2v) is 8.08. The Morgan fingerprint density at radius 1 is 0.970 bits per heavy atom. The molecule has 4 aromatic rings. The van der Waals surface area contributed by atoms with E-state index < -0.39 is 35.4 Å². The summed E-state index contributed by atoms with van der Waals surface area (Å²) in [6, 6.07) is 4.72. The van der Waals surface area contributed by atoms with Gasteiger partial charge >= 0.3 is 0 Å². The molecule has 6 nitrogen and oxygen atoms in total. The van der Waals surface area contributed by atoms with E-state index in [1.807, 2.05) is 4.90 Å². The summed E-state index contributed by atoms with van der Waals surface area (Å²) in [7, 11) is 0. The maximum absolute atomic E-state index is 14.0. The first kappa shape index (κ1) is 21.4. The van der Waals surface area contributed by atoms with Gasteiger partial charge in [-0.1, -0.05) is 0 Å². The molecule has 0 aliphatic carbocycles. The van der Waals surface area contributed by atoms with Crippen LogP contribution in [0.15, 0.2) is 42.7 Å². The molecule has 0 saturated carbocycles. The van der Waals surface area contributed by atoms with Crippen LogP contribution in [0.4, 0.5) is 23.2 Å². The number of nitrogens with zero attached hydrogens (tertiary/aromatic N) is 3. The van der Waals surface area contributed by atoms with Crippen LogP contribution in [0.1, 0.15) is 6.42 Å². The fourth-order valence-corrected chi connectivity index (χ4v) is 4.17. The summed E-state index contributed by atoms with van der Waals surface area (Å²) in [5.41, 5.74) is 8.05. The molecule has 10 heteroatoms. The van der Waals surface area contributed by atoms with E-state index in [0.29, 0.717) is 29.8 Å². The van der Waals surface area contributed by atoms with Crippen LogP contribution in [0.25, 0.3) is 33.5 Å². The third-order valence-corrected chi connectivity index (χ3v) is 5.82. The first-order chi connectivity index (χ1) is 15.8. The standard InChI is InChI=1S/C23H19F4N5O/c24-12-3-11(4-13(25)5-12)14-8-29-9-15(22(14)32-2-1-18(28)21(33)10-32)23-30-19-6-16(26)17(27)7-20(19)31-23/h3-9,18,21,33H,1-2,10,28H2,(H,30,31)/t18-,21+/m1/s1. The number of anilines is 1. The Labute approximate surface area is 185 Å². The minimum atomic E-state index is -1.03. The molecule has 1 aliphatic rings. The predicted octanol–water partition coefficient (Wildman–Crippen LogP) is 3.75. The molecule has 0 spiro atoms. The fraction of sp³-hybridized carbons (Fsp3) is 0.217. The number of hydrogen-bond acceptors (Lipinski definition) is 5. The Kier molecular flexibility index (Phi) is 5.26. The van der Waals surface area contributed by atoms with Crippen LogP contribution >= 0.6 is 0 Å². The number of aliphatic hydroxyl groups is 1. The van der Waals surface area contributed by atoms with Crippen molar-refractivity contribution in [3.8, 4) is 22.5 Å². The smallest absolute Gasteiger partial charge is 0.161 e. The number of fused-ring (bicyclic) bond motifs is 1. The molecule has 0 amide bonds. The highest BCUT2D eigenvalue weighted by atomic mass is 19.2. The molecule has 2 aromatic carbocycles. The molecule has 1 aliphatic heterocycles. The molecule has 0 unspecified atom stereocenters. The van der Waals surface area contributed by atoms with Gasteiger partial charge in [0.1, 0.15) is 17.5 Å². The van der Waals surface area contributed by atoms with Gasteiger partial charge in [-0.15, -0.1) is 0 Å². The molecule has 1 saturated heterocycles. The van der Waals surface area contributed by atoms with Gasteiger partial charge in [-0.2, -0.15) is 0 Å². The van der Waals surface area contributed by atoms with Crippen molar-refractivity contribution in [3.05, 3.63) is 66.0 Å². The number of hydrogen-bond donors (Lipinski definition) is 3. The fourth-order valence-electron chi connectivity index (χ4n) is 4.17. The van der Waals surface area contributed by atoms with Crippen molar-refractivity contribution in [3.63, 3.8) is 0 Å². The van der Waals surface area contributed by atoms with E-state index in [2.05, 4.69) is 15.0 Å². The van der Waals surface area contributed by atoms with E-state index in [1.165, 1.54) is 24.5 Å². The van der Waals surface area contributed by atoms with E-state index in [-0.39, 0.29) is 29.0 Å². The van der Waals surface area contributed by atoms with Crippen molar-refractivity contribution in [2.24, 2.45) is 5.73 Å². The van der Waals surface area contributed by atoms with E-state index >= 15 is 0 Å². The third-order valence-electron chi connectivity index (χ3n) is 5.82. The number of nitrogens with two attached hydrogens (primary N) is 1. The molecule has 33 heavy (non-hydrogen) atoms. The summed E-state index contributed by atoms with van der Waals surface area (Å²) in [6.07, 6.45) is 2.63. The number of aromatic nitrogens is 3. The van der Waals surface area contributed by atoms with Crippen LogP contribution in [0.5, 0.6) is 0 Å². The number of aromatic amines is 1. The number of halogens is 4. The van der Waals surface area contributed by atoms with Crippen molar-refractivity contribution in [1.82, 2.24) is 15.0 Å². The van der Waals surface area contributed by atoms with Gasteiger partial charge in [0.2, 0.25) is 0 Å². The quantitative estimate of drug-likeness (QED) is 0.408. The summed E-state index contributed by atoms with van der Waals surface area (Å²) >= 11 is 0. The Bertz CT molecular complexity index is 1300. The van der Waals surface area contributed by atoms with E-state index in [4.69, 9.17) is 5.73 Å². The van der Waals surface area contributed by atoms with Gasteiger partial charge in [-0.3, -0.25) is 4.98 Å². The van der Waals surface area contributed by atoms with Crippen LogP contribution in [0, 0.1) is 23.3 Å². The zero-order chi connectivity index (χ0) is 23.3. The van der Waals surface area contributed by atoms with Crippen molar-refractivity contribution >= 4 is 16.7 Å². The zero-order valence-corrected chi connectivity index (χ0v) is 17.2. The number of aliphatic hydroxyl groups excluding tert-OH is 1. The van der Waals surface area contributed by atoms with Crippen molar-refractivity contribution in [2.45, 2.75) is 18.6 Å². The second kappa shape index (κ2) is 8.13. The molecule has 4 N–H and O–H groups in total. The van der Waals surface area contributed by atoms with Crippen LogP contribution in [-0.4, -0.2) is 45.3 Å². The third kappa shape index (κ3) is 3.91. The second-order valence-electron chi connectivity index (χ2n) is 8.08. The minimum absolute atomic E-state index is 0.173. The number of imidazole rings is 1. The van der Waals surface area contributed by atoms with Gasteiger partial charge in [-0.05, 0) is 24.1 Å². The highest BCUT2D eigenvalue weighted by Crippen LogP contribution is 2.40. The number of nitrogens with one attached hydrogen (secondary N) is 1. The summed E-state index contributed by atoms with van der Waals surface area (Å²) in [5.74, 6) is -3.29. The Hall–Kier alpha value is -3.50. The lowest BCUT2D eigenvalue weighted by molar-refractivity contribution is 0.132. The largest absolute Gasteiger partial charge is 0.390 e. The van der Waals surface area contributed by atoms with Gasteiger partial charge in [0.25, 0.3) is 0 Å². The molecule has 2 aromatic heterocycles. The van der Waals surface area contributed by atoms with E-state index in [9.17, 15) is 22.7 Å². The molecule has 2 atom stereocenters. The lowest BCUT2D eigenvalue weighted by atomic mass is 9.97. The summed E-state index contributed by atoms with van der Waals surface area (Å²) < 4.78 is 55.5. The van der Waals surface area contributed by atoms with Crippen LogP contribution < -0.4 is 10.6 Å². The normalized spacial score (nSPS) is 18.8. The van der Waals surface area contributed by atoms with Crippen molar-refractivity contribution in [2.75, 3.05) is 18.0 Å². The van der Waals surface area contributed by atoms with Gasteiger partial charge < -0.3 is 20.7 Å². The topological polar surface area (TPSA) is 91.1 Å². The average molecular weight is 457 g/mol. The van der Waals surface area contributed by atoms with E-state index in [0.717, 1.165) is 18.2 Å². The number of H-pyrrole nitrogens is 1. The maximum Gasteiger partial charge on any atom is 0.161 e. The van der Waals surface area contributed by atoms with Gasteiger partial charge in [0.05, 0.1) is 28.4 Å². The summed E-state index contributed by atoms with van der Waals surface area (Å²) in [6.45, 7) is 0.635.